The van der Waals surface area contributed by atoms with Gasteiger partial charge in [-0.3, -0.25) is 4.21 Å². The summed E-state index contributed by atoms with van der Waals surface area (Å²) in [6, 6.07) is 19.2. The molecular weight excluding hydrogens is 630 g/mol. The van der Waals surface area contributed by atoms with Crippen LogP contribution in [-0.2, 0) is 42.0 Å². The van der Waals surface area contributed by atoms with Gasteiger partial charge in [-0.2, -0.15) is 0 Å². The molecule has 4 aromatic rings. The van der Waals surface area contributed by atoms with Gasteiger partial charge in [-0.05, 0) is 68.8 Å². The van der Waals surface area contributed by atoms with Gasteiger partial charge in [0.1, 0.15) is 5.82 Å². The fourth-order valence-corrected chi connectivity index (χ4v) is 4.95. The Balaban J connectivity index is 0.000000349. The maximum atomic E-state index is 12.2. The number of nitrogens with zero attached hydrogens (tertiary/aromatic N) is 1. The number of carboxylic acids is 2. The van der Waals surface area contributed by atoms with Gasteiger partial charge in [-0.15, -0.1) is 0 Å². The molecule has 0 spiro atoms. The maximum Gasteiger partial charge on any atom is 0.349 e. The van der Waals surface area contributed by atoms with Crippen molar-refractivity contribution < 1.29 is 48.6 Å². The lowest BCUT2D eigenvalue weighted by Crippen LogP contribution is -2.45. The van der Waals surface area contributed by atoms with Gasteiger partial charge in [0.25, 0.3) is 0 Å². The molecule has 3 aromatic carbocycles. The van der Waals surface area contributed by atoms with Crippen LogP contribution in [0.15, 0.2) is 83.9 Å². The van der Waals surface area contributed by atoms with Crippen molar-refractivity contribution in [3.63, 3.8) is 0 Å². The number of H-pyrrole nitrogens is 1. The number of rotatable bonds is 12. The number of anilines is 1. The zero-order valence-electron chi connectivity index (χ0n) is 26.0. The Morgan fingerprint density at radius 2 is 1.26 bits per heavy atom. The SMILES string of the molecule is CCCc1ncc(CS(=O)c2ccc(N)cc2)[nH]1.Cc1ccc(C(=O)O[C@H](C(=O)O)[C@H](OC(=O)c2ccc(C)cc2)C(=O)O)cc1.O. The fourth-order valence-electron chi connectivity index (χ4n) is 3.92. The molecule has 0 bridgehead atoms. The summed E-state index contributed by atoms with van der Waals surface area (Å²) in [6.07, 6.45) is -0.704. The van der Waals surface area contributed by atoms with Crippen molar-refractivity contribution in [1.82, 2.24) is 9.97 Å². The molecular formula is C33H37N3O10S. The van der Waals surface area contributed by atoms with E-state index in [0.717, 1.165) is 40.4 Å². The minimum Gasteiger partial charge on any atom is -0.478 e. The summed E-state index contributed by atoms with van der Waals surface area (Å²) < 4.78 is 21.8. The van der Waals surface area contributed by atoms with E-state index in [4.69, 9.17) is 15.2 Å². The molecule has 1 heterocycles. The Morgan fingerprint density at radius 1 is 0.809 bits per heavy atom. The smallest absolute Gasteiger partial charge is 0.349 e. The second kappa shape index (κ2) is 18.0. The van der Waals surface area contributed by atoms with Crippen LogP contribution in [0.2, 0.25) is 0 Å². The van der Waals surface area contributed by atoms with Crippen molar-refractivity contribution in [3.05, 3.63) is 113 Å². The molecule has 0 aliphatic carbocycles. The number of hydrogen-bond acceptors (Lipinski definition) is 9. The van der Waals surface area contributed by atoms with E-state index in [0.29, 0.717) is 11.4 Å². The van der Waals surface area contributed by atoms with Gasteiger partial charge < -0.3 is 35.9 Å². The van der Waals surface area contributed by atoms with Crippen LogP contribution >= 0.6 is 0 Å². The zero-order valence-corrected chi connectivity index (χ0v) is 26.8. The second-order valence-corrected chi connectivity index (χ2v) is 11.7. The summed E-state index contributed by atoms with van der Waals surface area (Å²) >= 11 is 0. The lowest BCUT2D eigenvalue weighted by Gasteiger charge is -2.21. The average molecular weight is 668 g/mol. The first-order chi connectivity index (χ1) is 21.9. The van der Waals surface area contributed by atoms with E-state index in [1.54, 1.807) is 68.6 Å². The van der Waals surface area contributed by atoms with E-state index in [2.05, 4.69) is 16.9 Å². The molecule has 14 heteroatoms. The predicted molar refractivity (Wildman–Crippen MR) is 173 cm³/mol. The summed E-state index contributed by atoms with van der Waals surface area (Å²) in [5.74, 6) is -4.20. The number of carbonyl (C=O) groups excluding carboxylic acids is 2. The number of carbonyl (C=O) groups is 4. The second-order valence-electron chi connectivity index (χ2n) is 10.2. The monoisotopic (exact) mass is 667 g/mol. The van der Waals surface area contributed by atoms with Gasteiger partial charge in [0.05, 0.1) is 27.7 Å². The quantitative estimate of drug-likeness (QED) is 0.126. The van der Waals surface area contributed by atoms with Crippen LogP contribution in [0.1, 0.15) is 56.7 Å². The third kappa shape index (κ3) is 11.5. The van der Waals surface area contributed by atoms with Gasteiger partial charge in [-0.1, -0.05) is 42.3 Å². The first-order valence-electron chi connectivity index (χ1n) is 14.2. The number of benzene rings is 3. The number of aromatic nitrogens is 2. The topological polar surface area (TPSA) is 230 Å². The lowest BCUT2D eigenvalue weighted by molar-refractivity contribution is -0.166. The molecule has 1 aromatic heterocycles. The van der Waals surface area contributed by atoms with Crippen molar-refractivity contribution in [1.29, 1.82) is 0 Å². The van der Waals surface area contributed by atoms with E-state index in [9.17, 15) is 33.6 Å². The lowest BCUT2D eigenvalue weighted by atomic mass is 10.1. The number of nitrogens with one attached hydrogen (secondary N) is 1. The van der Waals surface area contributed by atoms with Crippen molar-refractivity contribution in [3.8, 4) is 0 Å². The first kappa shape index (κ1) is 37.8. The Labute approximate surface area is 273 Å². The molecule has 13 nitrogen and oxygen atoms in total. The van der Waals surface area contributed by atoms with Crippen LogP contribution in [-0.4, -0.2) is 66.0 Å². The van der Waals surface area contributed by atoms with E-state index in [1.165, 1.54) is 24.3 Å². The molecule has 0 amide bonds. The van der Waals surface area contributed by atoms with Crippen molar-refractivity contribution in [2.45, 2.75) is 56.5 Å². The molecule has 0 radical (unpaired) electrons. The highest BCUT2D eigenvalue weighted by molar-refractivity contribution is 7.84. The van der Waals surface area contributed by atoms with Crippen LogP contribution in [0.3, 0.4) is 0 Å². The van der Waals surface area contributed by atoms with Gasteiger partial charge in [0, 0.05) is 28.9 Å². The number of aliphatic carboxylic acids is 2. The van der Waals surface area contributed by atoms with E-state index < -0.39 is 46.9 Å². The Morgan fingerprint density at radius 3 is 1.66 bits per heavy atom. The van der Waals surface area contributed by atoms with Crippen LogP contribution in [0, 0.1) is 13.8 Å². The zero-order chi connectivity index (χ0) is 33.8. The maximum absolute atomic E-state index is 12.2. The van der Waals surface area contributed by atoms with Gasteiger partial charge in [-0.25, -0.2) is 24.2 Å². The normalized spacial score (nSPS) is 12.2. The molecule has 0 saturated heterocycles. The number of carboxylic acid groups (broad SMARTS) is 2. The number of aryl methyl sites for hydroxylation is 3. The highest BCUT2D eigenvalue weighted by Crippen LogP contribution is 2.15. The molecule has 0 fully saturated rings. The molecule has 0 saturated carbocycles. The highest BCUT2D eigenvalue weighted by Gasteiger charge is 2.41. The first-order valence-corrected chi connectivity index (χ1v) is 15.5. The molecule has 1 unspecified atom stereocenters. The van der Waals surface area contributed by atoms with Gasteiger partial charge in [0.2, 0.25) is 12.2 Å². The minimum absolute atomic E-state index is 0. The highest BCUT2D eigenvalue weighted by atomic mass is 32.2. The number of imidazole rings is 1. The van der Waals surface area contributed by atoms with Crippen molar-refractivity contribution >= 4 is 40.4 Å². The number of esters is 2. The van der Waals surface area contributed by atoms with E-state index in [1.807, 2.05) is 0 Å². The predicted octanol–water partition coefficient (Wildman–Crippen LogP) is 3.65. The summed E-state index contributed by atoms with van der Waals surface area (Å²) in [5.41, 5.74) is 8.99. The number of aromatic amines is 1. The van der Waals surface area contributed by atoms with Crippen LogP contribution in [0.25, 0.3) is 0 Å². The third-order valence-corrected chi connectivity index (χ3v) is 7.77. The van der Waals surface area contributed by atoms with Gasteiger partial charge >= 0.3 is 23.9 Å². The summed E-state index contributed by atoms with van der Waals surface area (Å²) in [5, 5.41) is 18.6. The standard InChI is InChI=1S/C20H18O8.C13H17N3OS.H2O/c1-11-3-7-13(8-4-11)19(25)27-15(17(21)22)16(18(23)24)28-20(26)14-9-5-12(2)6-10-14;1-2-3-13-15-8-11(16-13)9-18(17)12-6-4-10(14)5-7-12;/h3-10,15-16H,1-2H3,(H,21,22)(H,23,24);4-8H,2-3,9,14H2,1H3,(H,15,16);1H2/t15-,16-;;/m0../s1. The van der Waals surface area contributed by atoms with Gasteiger partial charge in [0.15, 0.2) is 0 Å². The Kier molecular flexibility index (Phi) is 14.5. The van der Waals surface area contributed by atoms with Crippen LogP contribution in [0.5, 0.6) is 0 Å². The Hall–Kier alpha value is -5.34. The van der Waals surface area contributed by atoms with Crippen molar-refractivity contribution in [2.75, 3.05) is 5.73 Å². The fraction of sp³-hybridized carbons (Fsp3) is 0.242. The molecule has 0 aliphatic heterocycles. The summed E-state index contributed by atoms with van der Waals surface area (Å²) in [7, 11) is -1.06. The van der Waals surface area contributed by atoms with E-state index in [-0.39, 0.29) is 16.6 Å². The molecule has 47 heavy (non-hydrogen) atoms. The molecule has 250 valence electrons. The number of nitrogens with two attached hydrogens (primary N) is 1. The van der Waals surface area contributed by atoms with Crippen molar-refractivity contribution in [2.24, 2.45) is 0 Å². The van der Waals surface area contributed by atoms with Crippen LogP contribution < -0.4 is 5.73 Å². The van der Waals surface area contributed by atoms with Crippen LogP contribution in [0.4, 0.5) is 5.69 Å². The third-order valence-electron chi connectivity index (χ3n) is 6.40. The Bertz CT molecular complexity index is 1590. The summed E-state index contributed by atoms with van der Waals surface area (Å²) in [4.78, 5) is 55.6. The number of ether oxygens (including phenoxy) is 2. The molecule has 0 aliphatic rings. The average Bonchev–Trinajstić information content (AvgIpc) is 3.46. The molecule has 4 rings (SSSR count). The summed E-state index contributed by atoms with van der Waals surface area (Å²) in [6.45, 7) is 5.69. The number of hydrogen-bond donors (Lipinski definition) is 4. The number of nitrogen functional groups attached to an aromatic ring is 1. The largest absolute Gasteiger partial charge is 0.478 e. The van der Waals surface area contributed by atoms with E-state index >= 15 is 0 Å². The molecule has 3 atom stereocenters. The molecule has 7 N–H and O–H groups in total. The minimum atomic E-state index is -2.22.